The number of nitriles is 1. The summed E-state index contributed by atoms with van der Waals surface area (Å²) in [5.74, 6) is -0.588. The van der Waals surface area contributed by atoms with Crippen molar-refractivity contribution in [3.8, 4) is 17.6 Å². The molecule has 0 aliphatic heterocycles. The number of anilines is 1. The number of esters is 1. The van der Waals surface area contributed by atoms with Crippen molar-refractivity contribution in [2.75, 3.05) is 25.6 Å². The van der Waals surface area contributed by atoms with E-state index < -0.39 is 23.4 Å². The number of carbonyl (C=O) groups is 2. The smallest absolute Gasteiger partial charge is 0.331 e. The predicted molar refractivity (Wildman–Crippen MR) is 114 cm³/mol. The lowest BCUT2D eigenvalue weighted by atomic mass is 10.2. The Hall–Kier alpha value is -3.91. The number of benzene rings is 2. The summed E-state index contributed by atoms with van der Waals surface area (Å²) in [5, 5.41) is 21.8. The lowest BCUT2D eigenvalue weighted by molar-refractivity contribution is -0.384. The Morgan fingerprint density at radius 3 is 2.68 bits per heavy atom. The number of nitro groups is 1. The number of amides is 1. The second kappa shape index (κ2) is 11.3. The molecule has 0 spiro atoms. The minimum absolute atomic E-state index is 0.129. The largest absolute Gasteiger partial charge is 0.493 e. The van der Waals surface area contributed by atoms with E-state index in [1.807, 2.05) is 6.07 Å². The number of ether oxygens (including phenoxy) is 3. The lowest BCUT2D eigenvalue weighted by Gasteiger charge is -2.09. The average Bonchev–Trinajstić information content (AvgIpc) is 2.76. The number of non-ortho nitro benzene ring substituents is 1. The Balaban J connectivity index is 1.90. The first-order chi connectivity index (χ1) is 14.8. The molecule has 1 N–H and O–H groups in total. The van der Waals surface area contributed by atoms with Crippen LogP contribution in [0, 0.1) is 21.4 Å². The van der Waals surface area contributed by atoms with Crippen molar-refractivity contribution in [2.45, 2.75) is 0 Å². The minimum Gasteiger partial charge on any atom is -0.493 e. The van der Waals surface area contributed by atoms with Crippen LogP contribution in [0.5, 0.6) is 11.5 Å². The summed E-state index contributed by atoms with van der Waals surface area (Å²) in [5.41, 5.74) is 0.771. The van der Waals surface area contributed by atoms with E-state index in [1.165, 1.54) is 31.4 Å². The van der Waals surface area contributed by atoms with Crippen molar-refractivity contribution in [1.82, 2.24) is 0 Å². The van der Waals surface area contributed by atoms with Gasteiger partial charge in [0.2, 0.25) is 0 Å². The first kappa shape index (κ1) is 23.4. The highest BCUT2D eigenvalue weighted by Crippen LogP contribution is 2.29. The van der Waals surface area contributed by atoms with Crippen LogP contribution < -0.4 is 14.8 Å². The number of halogens is 1. The first-order valence-corrected chi connectivity index (χ1v) is 9.39. The van der Waals surface area contributed by atoms with Crippen molar-refractivity contribution in [2.24, 2.45) is 0 Å². The monoisotopic (exact) mass is 489 g/mol. The number of nitro benzene ring substituents is 1. The van der Waals surface area contributed by atoms with Crippen LogP contribution in [0.4, 0.5) is 11.4 Å². The Bertz CT molecular complexity index is 1060. The average molecular weight is 490 g/mol. The normalized spacial score (nSPS) is 10.2. The van der Waals surface area contributed by atoms with Crippen LogP contribution >= 0.6 is 15.9 Å². The Morgan fingerprint density at radius 2 is 2.03 bits per heavy atom. The van der Waals surface area contributed by atoms with E-state index >= 15 is 0 Å². The zero-order chi connectivity index (χ0) is 22.8. The molecule has 0 fully saturated rings. The van der Waals surface area contributed by atoms with E-state index in [4.69, 9.17) is 19.5 Å². The highest BCUT2D eigenvalue weighted by atomic mass is 79.9. The molecular formula is C20H16BrN3O7. The maximum atomic E-state index is 11.9. The molecule has 0 bridgehead atoms. The third-order valence-corrected chi connectivity index (χ3v) is 4.33. The van der Waals surface area contributed by atoms with Crippen molar-refractivity contribution in [3.05, 3.63) is 62.6 Å². The molecule has 0 unspecified atom stereocenters. The van der Waals surface area contributed by atoms with Gasteiger partial charge in [0.15, 0.2) is 24.7 Å². The van der Waals surface area contributed by atoms with E-state index in [0.717, 1.165) is 6.08 Å². The van der Waals surface area contributed by atoms with Gasteiger partial charge in [-0.1, -0.05) is 6.07 Å². The molecule has 2 aromatic rings. The summed E-state index contributed by atoms with van der Waals surface area (Å²) in [4.78, 5) is 34.0. The van der Waals surface area contributed by atoms with E-state index in [2.05, 4.69) is 21.2 Å². The quantitative estimate of drug-likeness (QED) is 0.244. The minimum atomic E-state index is -0.748. The summed E-state index contributed by atoms with van der Waals surface area (Å²) < 4.78 is 15.6. The zero-order valence-corrected chi connectivity index (χ0v) is 17.7. The summed E-state index contributed by atoms with van der Waals surface area (Å²) in [7, 11) is 1.44. The molecule has 0 aliphatic carbocycles. The molecule has 2 rings (SSSR count). The van der Waals surface area contributed by atoms with Crippen molar-refractivity contribution < 1.29 is 28.7 Å². The van der Waals surface area contributed by atoms with Crippen LogP contribution in [-0.2, 0) is 14.3 Å². The molecule has 0 heterocycles. The van der Waals surface area contributed by atoms with Gasteiger partial charge < -0.3 is 19.5 Å². The third kappa shape index (κ3) is 7.13. The second-order valence-electron chi connectivity index (χ2n) is 5.77. The van der Waals surface area contributed by atoms with Crippen LogP contribution in [0.15, 0.2) is 46.9 Å². The van der Waals surface area contributed by atoms with E-state index in [0.29, 0.717) is 27.2 Å². The van der Waals surface area contributed by atoms with Crippen molar-refractivity contribution in [3.63, 3.8) is 0 Å². The number of rotatable bonds is 9. The van der Waals surface area contributed by atoms with E-state index in [1.54, 1.807) is 18.2 Å². The molecule has 0 radical (unpaired) electrons. The van der Waals surface area contributed by atoms with Crippen LogP contribution in [0.25, 0.3) is 6.08 Å². The molecule has 0 atom stereocenters. The van der Waals surface area contributed by atoms with Gasteiger partial charge in [-0.05, 0) is 45.8 Å². The van der Waals surface area contributed by atoms with Crippen LogP contribution in [0.3, 0.4) is 0 Å². The standard InChI is InChI=1S/C20H16BrN3O7/c1-29-18-10-13(2-6-17(18)30-9-8-22)3-7-20(26)31-12-19(25)23-16-5-4-14(24(27)28)11-15(16)21/h2-7,10-11H,9,12H2,1H3,(H,23,25)/b7-3+. The van der Waals surface area contributed by atoms with Crippen LogP contribution in [0.2, 0.25) is 0 Å². The number of carbonyl (C=O) groups excluding carboxylic acids is 2. The SMILES string of the molecule is COc1cc(/C=C/C(=O)OCC(=O)Nc2ccc([N+](=O)[O-])cc2Br)ccc1OCC#N. The highest BCUT2D eigenvalue weighted by Gasteiger charge is 2.12. The van der Waals surface area contributed by atoms with Crippen molar-refractivity contribution >= 4 is 45.3 Å². The summed E-state index contributed by atoms with van der Waals surface area (Å²) in [6.45, 7) is -0.673. The van der Waals surface area contributed by atoms with Gasteiger partial charge in [0.1, 0.15) is 6.07 Å². The third-order valence-electron chi connectivity index (χ3n) is 3.67. The molecule has 1 amide bonds. The number of nitrogens with one attached hydrogen (secondary N) is 1. The van der Waals surface area contributed by atoms with Gasteiger partial charge in [0, 0.05) is 22.7 Å². The maximum Gasteiger partial charge on any atom is 0.331 e. The second-order valence-corrected chi connectivity index (χ2v) is 6.62. The zero-order valence-electron chi connectivity index (χ0n) is 16.2. The Kier molecular flexibility index (Phi) is 8.53. The molecule has 160 valence electrons. The molecule has 31 heavy (non-hydrogen) atoms. The van der Waals surface area contributed by atoms with Crippen molar-refractivity contribution in [1.29, 1.82) is 5.26 Å². The highest BCUT2D eigenvalue weighted by molar-refractivity contribution is 9.10. The summed E-state index contributed by atoms with van der Waals surface area (Å²) in [6, 6.07) is 10.5. The van der Waals surface area contributed by atoms with Gasteiger partial charge in [-0.25, -0.2) is 4.79 Å². The summed E-state index contributed by atoms with van der Waals surface area (Å²) >= 11 is 3.13. The van der Waals surface area contributed by atoms with Gasteiger partial charge >= 0.3 is 5.97 Å². The van der Waals surface area contributed by atoms with E-state index in [9.17, 15) is 19.7 Å². The topological polar surface area (TPSA) is 141 Å². The number of hydrogen-bond donors (Lipinski definition) is 1. The van der Waals surface area contributed by atoms with Crippen LogP contribution in [-0.4, -0.2) is 37.1 Å². The molecule has 2 aromatic carbocycles. The molecule has 0 saturated carbocycles. The fourth-order valence-corrected chi connectivity index (χ4v) is 2.74. The number of nitrogens with zero attached hydrogens (tertiary/aromatic N) is 2. The Labute approximate surface area is 185 Å². The number of methoxy groups -OCH3 is 1. The number of hydrogen-bond acceptors (Lipinski definition) is 8. The lowest BCUT2D eigenvalue weighted by Crippen LogP contribution is -2.20. The van der Waals surface area contributed by atoms with Gasteiger partial charge in [-0.3, -0.25) is 14.9 Å². The van der Waals surface area contributed by atoms with Gasteiger partial charge in [0.25, 0.3) is 11.6 Å². The maximum absolute atomic E-state index is 11.9. The molecular weight excluding hydrogens is 474 g/mol. The first-order valence-electron chi connectivity index (χ1n) is 8.60. The van der Waals surface area contributed by atoms with Gasteiger partial charge in [-0.15, -0.1) is 0 Å². The Morgan fingerprint density at radius 1 is 1.26 bits per heavy atom. The molecule has 11 heteroatoms. The van der Waals surface area contributed by atoms with Gasteiger partial charge in [-0.2, -0.15) is 5.26 Å². The molecule has 0 saturated heterocycles. The summed E-state index contributed by atoms with van der Waals surface area (Å²) in [6.07, 6.45) is 2.60. The van der Waals surface area contributed by atoms with Crippen LogP contribution in [0.1, 0.15) is 5.56 Å². The molecule has 0 aliphatic rings. The van der Waals surface area contributed by atoms with E-state index in [-0.39, 0.29) is 12.3 Å². The van der Waals surface area contributed by atoms with Gasteiger partial charge in [0.05, 0.1) is 17.7 Å². The molecule has 10 nitrogen and oxygen atoms in total. The fourth-order valence-electron chi connectivity index (χ4n) is 2.27. The predicted octanol–water partition coefficient (Wildman–Crippen LogP) is 3.46. The fraction of sp³-hybridized carbons (Fsp3) is 0.150. The molecule has 0 aromatic heterocycles.